The molecular formula is C23H43BN3O11PS2. The highest BCUT2D eigenvalue weighted by Gasteiger charge is 2.46. The van der Waals surface area contributed by atoms with Gasteiger partial charge in [-0.15, -0.1) is 0 Å². The van der Waals surface area contributed by atoms with Crippen molar-refractivity contribution in [1.82, 2.24) is 16.0 Å². The Balaban J connectivity index is 1.67. The first-order valence-corrected chi connectivity index (χ1v) is 16.4. The van der Waals surface area contributed by atoms with Gasteiger partial charge in [-0.1, -0.05) is 0 Å². The van der Waals surface area contributed by atoms with Gasteiger partial charge in [-0.25, -0.2) is 0 Å². The minimum Gasteiger partial charge on any atom is -0.394 e. The van der Waals surface area contributed by atoms with Crippen LogP contribution >= 0.6 is 18.9 Å². The lowest BCUT2D eigenvalue weighted by molar-refractivity contribution is -0.270. The van der Waals surface area contributed by atoms with E-state index >= 15 is 0 Å². The van der Waals surface area contributed by atoms with Crippen molar-refractivity contribution in [3.63, 3.8) is 0 Å². The van der Waals surface area contributed by atoms with Crippen molar-refractivity contribution in [3.8, 4) is 0 Å². The van der Waals surface area contributed by atoms with E-state index < -0.39 is 68.1 Å². The molecule has 0 aliphatic carbocycles. The van der Waals surface area contributed by atoms with Crippen LogP contribution in [0.3, 0.4) is 0 Å². The molecule has 236 valence electrons. The molecule has 2 radical (unpaired) electrons. The first kappa shape index (κ1) is 36.7. The van der Waals surface area contributed by atoms with Gasteiger partial charge in [-0.3, -0.25) is 4.79 Å². The summed E-state index contributed by atoms with van der Waals surface area (Å²) in [6.45, 7) is -1.00. The molecule has 2 heterocycles. The summed E-state index contributed by atoms with van der Waals surface area (Å²) in [5.41, 5.74) is 0. The minimum absolute atomic E-state index is 0.224. The van der Waals surface area contributed by atoms with Crippen LogP contribution in [0.5, 0.6) is 0 Å². The number of nitrogens with one attached hydrogen (secondary N) is 3. The fourth-order valence-corrected chi connectivity index (χ4v) is 5.84. The van der Waals surface area contributed by atoms with Crippen LogP contribution in [-0.4, -0.2) is 135 Å². The summed E-state index contributed by atoms with van der Waals surface area (Å²) in [6, 6.07) is -1.57. The van der Waals surface area contributed by atoms with E-state index in [4.69, 9.17) is 59.9 Å². The molecule has 0 bridgehead atoms. The highest BCUT2D eigenvalue weighted by molar-refractivity contribution is 8.07. The Labute approximate surface area is 252 Å². The van der Waals surface area contributed by atoms with Gasteiger partial charge in [0, 0.05) is 52.8 Å². The van der Waals surface area contributed by atoms with Gasteiger partial charge in [-0.05, 0) is 49.7 Å². The van der Waals surface area contributed by atoms with Crippen LogP contribution in [0.2, 0.25) is 0 Å². The van der Waals surface area contributed by atoms with E-state index in [0.29, 0.717) is 43.9 Å². The minimum atomic E-state index is -3.42. The van der Waals surface area contributed by atoms with Crippen molar-refractivity contribution in [3.05, 3.63) is 0 Å². The number of carbonyl (C=O) groups excluding carboxylic acids is 1. The molecule has 2 saturated heterocycles. The summed E-state index contributed by atoms with van der Waals surface area (Å²) in [5.74, 6) is -0.636. The number of hydrogen-bond acceptors (Lipinski definition) is 12. The van der Waals surface area contributed by atoms with Crippen LogP contribution in [0.25, 0.3) is 0 Å². The fourth-order valence-electron chi connectivity index (χ4n) is 4.66. The van der Waals surface area contributed by atoms with Gasteiger partial charge in [0.1, 0.15) is 44.4 Å². The highest BCUT2D eigenvalue weighted by atomic mass is 32.5. The second-order valence-electron chi connectivity index (χ2n) is 9.82. The lowest BCUT2D eigenvalue weighted by Crippen LogP contribution is -2.64. The standard InChI is InChI=1S/C23H43BN3O11PS2/c1-13(29)27-17-19(31)18(30)15(11-28)37-22(17)35-10-5-4-8-25-23(40)26-9-6-7-14-20(38-39(32,41)34-3)16(12-33-2)36-21(14)24/h14-22,28,30-31H,4-12H2,1-3H3,(H,27,29)(H,32,41)(H2,25,26,40)/t14?,15-,16-,17-,18+,19-,20-,21-,22-,39?/m1/s1. The van der Waals surface area contributed by atoms with Gasteiger partial charge in [0.15, 0.2) is 11.4 Å². The predicted octanol–water partition coefficient (Wildman–Crippen LogP) is -1.62. The quantitative estimate of drug-likeness (QED) is 0.0414. The predicted molar refractivity (Wildman–Crippen MR) is 157 cm³/mol. The van der Waals surface area contributed by atoms with Crippen LogP contribution in [0.1, 0.15) is 32.6 Å². The number of amides is 1. The molecule has 0 aromatic heterocycles. The molecule has 7 N–H and O–H groups in total. The number of aliphatic hydroxyl groups excluding tert-OH is 3. The van der Waals surface area contributed by atoms with E-state index in [-0.39, 0.29) is 19.1 Å². The van der Waals surface area contributed by atoms with Gasteiger partial charge in [0.2, 0.25) is 5.91 Å². The van der Waals surface area contributed by atoms with Gasteiger partial charge < -0.3 is 64.2 Å². The number of methoxy groups -OCH3 is 1. The maximum absolute atomic E-state index is 11.5. The smallest absolute Gasteiger partial charge is 0.324 e. The van der Waals surface area contributed by atoms with Crippen molar-refractivity contribution in [2.24, 2.45) is 5.92 Å². The summed E-state index contributed by atoms with van der Waals surface area (Å²) in [5, 5.41) is 39.0. The molecule has 2 fully saturated rings. The zero-order valence-electron chi connectivity index (χ0n) is 23.5. The van der Waals surface area contributed by atoms with Crippen molar-refractivity contribution in [2.75, 3.05) is 47.1 Å². The van der Waals surface area contributed by atoms with Crippen LogP contribution in [0.4, 0.5) is 0 Å². The normalized spacial score (nSPS) is 33.2. The first-order chi connectivity index (χ1) is 19.4. The summed E-state index contributed by atoms with van der Waals surface area (Å²) in [6.07, 6.45) is -3.14. The van der Waals surface area contributed by atoms with Crippen LogP contribution in [0.15, 0.2) is 0 Å². The second-order valence-corrected chi connectivity index (χ2v) is 13.1. The molecule has 2 rings (SSSR count). The summed E-state index contributed by atoms with van der Waals surface area (Å²) < 4.78 is 32.8. The fraction of sp³-hybridized carbons (Fsp3) is 0.913. The molecule has 0 saturated carbocycles. The van der Waals surface area contributed by atoms with Gasteiger partial charge in [-0.2, -0.15) is 0 Å². The third-order valence-corrected chi connectivity index (χ3v) is 8.71. The molecule has 18 heteroatoms. The number of carbonyl (C=O) groups is 1. The number of ether oxygens (including phenoxy) is 4. The number of unbranched alkanes of at least 4 members (excludes halogenated alkanes) is 1. The molecule has 2 aliphatic rings. The van der Waals surface area contributed by atoms with Crippen LogP contribution < -0.4 is 16.0 Å². The maximum atomic E-state index is 11.5. The summed E-state index contributed by atoms with van der Waals surface area (Å²) in [7, 11) is 9.00. The average Bonchev–Trinajstić information content (AvgIpc) is 3.20. The molecule has 0 aromatic carbocycles. The zero-order chi connectivity index (χ0) is 30.6. The third kappa shape index (κ3) is 11.8. The molecule has 2 aliphatic heterocycles. The summed E-state index contributed by atoms with van der Waals surface area (Å²) >= 11 is 10.3. The van der Waals surface area contributed by atoms with E-state index in [9.17, 15) is 25.0 Å². The van der Waals surface area contributed by atoms with Crippen molar-refractivity contribution >= 4 is 49.6 Å². The largest absolute Gasteiger partial charge is 0.394 e. The van der Waals surface area contributed by atoms with Crippen molar-refractivity contribution < 1.29 is 53.0 Å². The molecule has 14 nitrogen and oxygen atoms in total. The van der Waals surface area contributed by atoms with E-state index in [1.54, 1.807) is 0 Å². The molecule has 2 unspecified atom stereocenters. The topological polar surface area (TPSA) is 189 Å². The third-order valence-electron chi connectivity index (χ3n) is 6.75. The number of rotatable bonds is 17. The Morgan fingerprint density at radius 2 is 1.76 bits per heavy atom. The second kappa shape index (κ2) is 18.3. The van der Waals surface area contributed by atoms with E-state index in [0.717, 1.165) is 0 Å². The molecule has 10 atom stereocenters. The summed E-state index contributed by atoms with van der Waals surface area (Å²) in [4.78, 5) is 21.7. The van der Waals surface area contributed by atoms with Gasteiger partial charge >= 0.3 is 6.72 Å². The van der Waals surface area contributed by atoms with Crippen LogP contribution in [0, 0.1) is 5.92 Å². The van der Waals surface area contributed by atoms with Crippen molar-refractivity contribution in [2.45, 2.75) is 81.5 Å². The number of hydrogen-bond donors (Lipinski definition) is 7. The molecule has 41 heavy (non-hydrogen) atoms. The Morgan fingerprint density at radius 1 is 1.07 bits per heavy atom. The molecule has 1 amide bonds. The zero-order valence-corrected chi connectivity index (χ0v) is 26.1. The maximum Gasteiger partial charge on any atom is 0.324 e. The van der Waals surface area contributed by atoms with E-state index in [2.05, 4.69) is 16.0 Å². The SMILES string of the molecule is [B][C@@H]1O[C@H](COC)[C@H](OP(O)(=S)OC)C1CCCNC(=S)NCCCCO[C@@H]1O[C@H](CO)[C@H](O)[C@H](O)[C@H]1NC(C)=O. The molecular weight excluding hydrogens is 600 g/mol. The van der Waals surface area contributed by atoms with Crippen molar-refractivity contribution in [1.29, 1.82) is 0 Å². The Kier molecular flexibility index (Phi) is 16.4. The van der Waals surface area contributed by atoms with E-state index in [1.807, 2.05) is 0 Å². The lowest BCUT2D eigenvalue weighted by Gasteiger charge is -2.42. The lowest BCUT2D eigenvalue weighted by atomic mass is 9.82. The monoisotopic (exact) mass is 643 g/mol. The molecule has 0 aromatic rings. The average molecular weight is 644 g/mol. The number of aliphatic hydroxyl groups is 3. The molecule has 0 spiro atoms. The highest BCUT2D eigenvalue weighted by Crippen LogP contribution is 2.48. The Bertz CT molecular complexity index is 870. The van der Waals surface area contributed by atoms with Gasteiger partial charge in [0.25, 0.3) is 0 Å². The number of thiocarbonyl (C=S) groups is 1. The Morgan fingerprint density at radius 3 is 2.37 bits per heavy atom. The van der Waals surface area contributed by atoms with E-state index in [1.165, 1.54) is 21.1 Å². The van der Waals surface area contributed by atoms with Crippen LogP contribution in [-0.2, 0) is 44.6 Å². The first-order valence-electron chi connectivity index (χ1n) is 13.4. The van der Waals surface area contributed by atoms with Gasteiger partial charge in [0.05, 0.1) is 13.2 Å². The Hall–Kier alpha value is -0.525.